The number of hydrogen-bond donors (Lipinski definition) is 3. The van der Waals surface area contributed by atoms with Crippen LogP contribution < -0.4 is 5.32 Å². The van der Waals surface area contributed by atoms with Gasteiger partial charge in [-0.2, -0.15) is 0 Å². The summed E-state index contributed by atoms with van der Waals surface area (Å²) in [6.45, 7) is 4.98. The van der Waals surface area contributed by atoms with Gasteiger partial charge in [-0.1, -0.05) is 26.7 Å². The van der Waals surface area contributed by atoms with Gasteiger partial charge in [-0.3, -0.25) is 4.57 Å². The summed E-state index contributed by atoms with van der Waals surface area (Å²) in [7, 11) is -3.87. The number of nitrogens with one attached hydrogen (secondary N) is 1. The highest BCUT2D eigenvalue weighted by Gasteiger charge is 2.13. The van der Waals surface area contributed by atoms with Crippen LogP contribution >= 0.6 is 7.60 Å². The third kappa shape index (κ3) is 8.70. The van der Waals surface area contributed by atoms with Crippen LogP contribution in [0, 0.1) is 5.92 Å². The molecule has 3 N–H and O–H groups in total. The van der Waals surface area contributed by atoms with Crippen LogP contribution in [0.3, 0.4) is 0 Å². The van der Waals surface area contributed by atoms with Crippen LogP contribution in [0.15, 0.2) is 0 Å². The van der Waals surface area contributed by atoms with Gasteiger partial charge in [0.1, 0.15) is 0 Å². The third-order valence-corrected chi connectivity index (χ3v) is 2.78. The molecule has 0 heterocycles. The Morgan fingerprint density at radius 1 is 1.21 bits per heavy atom. The molecular formula is C9H22NO3P. The molecule has 0 aliphatic heterocycles. The molecule has 0 spiro atoms. The van der Waals surface area contributed by atoms with Crippen LogP contribution in [0.2, 0.25) is 0 Å². The van der Waals surface area contributed by atoms with Gasteiger partial charge < -0.3 is 15.1 Å². The first-order valence-corrected chi connectivity index (χ1v) is 7.04. The molecule has 4 nitrogen and oxygen atoms in total. The van der Waals surface area contributed by atoms with Crippen LogP contribution in [-0.2, 0) is 4.57 Å². The Hall–Kier alpha value is 0.110. The molecule has 0 bridgehead atoms. The summed E-state index contributed by atoms with van der Waals surface area (Å²) in [5.41, 5.74) is 0. The zero-order valence-corrected chi connectivity index (χ0v) is 9.96. The van der Waals surface area contributed by atoms with E-state index in [-0.39, 0.29) is 6.29 Å². The monoisotopic (exact) mass is 223 g/mol. The maximum Gasteiger partial charge on any atom is 0.339 e. The summed E-state index contributed by atoms with van der Waals surface area (Å²) in [4.78, 5) is 17.3. The van der Waals surface area contributed by atoms with Gasteiger partial charge in [0.15, 0.2) is 0 Å². The van der Waals surface area contributed by atoms with E-state index in [2.05, 4.69) is 19.2 Å². The summed E-state index contributed by atoms with van der Waals surface area (Å²) in [6.07, 6.45) is 4.31. The van der Waals surface area contributed by atoms with Gasteiger partial charge in [0.2, 0.25) is 0 Å². The van der Waals surface area contributed by atoms with E-state index in [1.165, 1.54) is 0 Å². The maximum absolute atomic E-state index is 10.6. The number of rotatable bonds is 8. The molecule has 0 saturated heterocycles. The molecule has 0 fully saturated rings. The van der Waals surface area contributed by atoms with E-state index in [0.29, 0.717) is 12.5 Å². The predicted molar refractivity (Wildman–Crippen MR) is 58.2 cm³/mol. The predicted octanol–water partition coefficient (Wildman–Crippen LogP) is 1.93. The van der Waals surface area contributed by atoms with Crippen molar-refractivity contribution in [3.8, 4) is 0 Å². The van der Waals surface area contributed by atoms with Gasteiger partial charge in [0.25, 0.3) is 0 Å². The van der Waals surface area contributed by atoms with Crippen molar-refractivity contribution in [2.45, 2.75) is 39.5 Å². The Kier molecular flexibility index (Phi) is 7.47. The van der Waals surface area contributed by atoms with Crippen LogP contribution in [0.5, 0.6) is 0 Å². The largest absolute Gasteiger partial charge is 0.339 e. The van der Waals surface area contributed by atoms with Crippen LogP contribution in [0.25, 0.3) is 0 Å². The zero-order valence-electron chi connectivity index (χ0n) is 9.07. The van der Waals surface area contributed by atoms with Crippen molar-refractivity contribution in [3.63, 3.8) is 0 Å². The second-order valence-corrected chi connectivity index (χ2v) is 5.37. The molecule has 0 rings (SSSR count). The lowest BCUT2D eigenvalue weighted by molar-refractivity contribution is 0.359. The second-order valence-electron chi connectivity index (χ2n) is 3.72. The minimum atomic E-state index is -3.87. The van der Waals surface area contributed by atoms with Crippen molar-refractivity contribution in [2.75, 3.05) is 12.8 Å². The molecule has 0 aliphatic rings. The van der Waals surface area contributed by atoms with E-state index in [9.17, 15) is 4.57 Å². The first-order chi connectivity index (χ1) is 6.49. The Labute approximate surface area is 86.3 Å². The van der Waals surface area contributed by atoms with Gasteiger partial charge in [-0.25, -0.2) is 0 Å². The highest BCUT2D eigenvalue weighted by Crippen LogP contribution is 2.32. The quantitative estimate of drug-likeness (QED) is 0.550. The molecule has 0 atom stereocenters. The fourth-order valence-electron chi connectivity index (χ4n) is 1.58. The van der Waals surface area contributed by atoms with Crippen molar-refractivity contribution in [2.24, 2.45) is 5.92 Å². The molecule has 0 aromatic carbocycles. The van der Waals surface area contributed by atoms with Crippen molar-refractivity contribution >= 4 is 7.60 Å². The van der Waals surface area contributed by atoms with E-state index >= 15 is 0 Å². The Morgan fingerprint density at radius 3 is 2.07 bits per heavy atom. The highest BCUT2D eigenvalue weighted by molar-refractivity contribution is 7.51. The maximum atomic E-state index is 10.6. The van der Waals surface area contributed by atoms with Crippen LogP contribution in [0.1, 0.15) is 39.5 Å². The summed E-state index contributed by atoms with van der Waals surface area (Å²) < 4.78 is 10.6. The SMILES string of the molecule is CCCC(CCC)CNCP(=O)(O)O. The van der Waals surface area contributed by atoms with Crippen molar-refractivity contribution in [1.29, 1.82) is 0 Å². The summed E-state index contributed by atoms with van der Waals surface area (Å²) >= 11 is 0. The van der Waals surface area contributed by atoms with Gasteiger partial charge in [-0.15, -0.1) is 0 Å². The van der Waals surface area contributed by atoms with Crippen molar-refractivity contribution < 1.29 is 14.4 Å². The minimum absolute atomic E-state index is 0.197. The third-order valence-electron chi connectivity index (χ3n) is 2.14. The topological polar surface area (TPSA) is 69.6 Å². The molecule has 5 heteroatoms. The molecule has 0 radical (unpaired) electrons. The Morgan fingerprint density at radius 2 is 1.71 bits per heavy atom. The van der Waals surface area contributed by atoms with Crippen molar-refractivity contribution in [1.82, 2.24) is 5.32 Å². The molecular weight excluding hydrogens is 201 g/mol. The fraction of sp³-hybridized carbons (Fsp3) is 1.00. The summed E-state index contributed by atoms with van der Waals surface area (Å²) in [6, 6.07) is 0. The first-order valence-electron chi connectivity index (χ1n) is 5.24. The minimum Gasteiger partial charge on any atom is -0.324 e. The fourth-order valence-corrected chi connectivity index (χ4v) is 2.00. The van der Waals surface area contributed by atoms with Gasteiger partial charge in [-0.05, 0) is 25.3 Å². The van der Waals surface area contributed by atoms with E-state index in [4.69, 9.17) is 9.79 Å². The van der Waals surface area contributed by atoms with Gasteiger partial charge in [0.05, 0.1) is 6.29 Å². The molecule has 0 saturated carbocycles. The highest BCUT2D eigenvalue weighted by atomic mass is 31.2. The van der Waals surface area contributed by atoms with E-state index in [1.54, 1.807) is 0 Å². The normalized spacial score (nSPS) is 12.4. The van der Waals surface area contributed by atoms with Crippen molar-refractivity contribution in [3.05, 3.63) is 0 Å². The lowest BCUT2D eigenvalue weighted by Crippen LogP contribution is -2.23. The molecule has 0 aliphatic carbocycles. The van der Waals surface area contributed by atoms with E-state index < -0.39 is 7.60 Å². The number of hydrogen-bond acceptors (Lipinski definition) is 2. The standard InChI is InChI=1S/C9H22NO3P/c1-3-5-9(6-4-2)7-10-8-14(11,12)13/h9-10H,3-8H2,1-2H3,(H2,11,12,13). The molecule has 0 aromatic rings. The summed E-state index contributed by atoms with van der Waals surface area (Å²) in [5.74, 6) is 0.552. The molecule has 14 heavy (non-hydrogen) atoms. The summed E-state index contributed by atoms with van der Waals surface area (Å²) in [5, 5.41) is 2.83. The molecule has 0 amide bonds. The van der Waals surface area contributed by atoms with E-state index in [1.807, 2.05) is 0 Å². The average Bonchev–Trinajstić information content (AvgIpc) is 2.02. The van der Waals surface area contributed by atoms with Crippen LogP contribution in [0.4, 0.5) is 0 Å². The lowest BCUT2D eigenvalue weighted by atomic mass is 9.98. The molecule has 86 valence electrons. The van der Waals surface area contributed by atoms with Crippen LogP contribution in [-0.4, -0.2) is 22.6 Å². The molecule has 0 unspecified atom stereocenters. The Bertz CT molecular complexity index is 175. The molecule has 0 aromatic heterocycles. The van der Waals surface area contributed by atoms with Gasteiger partial charge >= 0.3 is 7.60 Å². The Balaban J connectivity index is 3.65. The zero-order chi connectivity index (χ0) is 11.0. The van der Waals surface area contributed by atoms with E-state index in [0.717, 1.165) is 25.7 Å². The second kappa shape index (κ2) is 7.41. The first kappa shape index (κ1) is 14.1. The smallest absolute Gasteiger partial charge is 0.324 e. The van der Waals surface area contributed by atoms with Gasteiger partial charge in [0, 0.05) is 0 Å². The lowest BCUT2D eigenvalue weighted by Gasteiger charge is -2.16. The average molecular weight is 223 g/mol.